The third kappa shape index (κ3) is 3.21. The van der Waals surface area contributed by atoms with Crippen LogP contribution < -0.4 is 10.6 Å². The molecule has 0 radical (unpaired) electrons. The van der Waals surface area contributed by atoms with Crippen molar-refractivity contribution in [3.63, 3.8) is 0 Å². The summed E-state index contributed by atoms with van der Waals surface area (Å²) in [5.74, 6) is -2.13. The van der Waals surface area contributed by atoms with Crippen LogP contribution in [-0.2, 0) is 6.54 Å². The maximum Gasteiger partial charge on any atom is 0.168 e. The van der Waals surface area contributed by atoms with Gasteiger partial charge in [-0.3, -0.25) is 0 Å². The summed E-state index contributed by atoms with van der Waals surface area (Å²) in [5.41, 5.74) is 6.30. The molecule has 0 atom stereocenters. The van der Waals surface area contributed by atoms with Crippen LogP contribution in [0.3, 0.4) is 0 Å². The smallest absolute Gasteiger partial charge is 0.168 e. The van der Waals surface area contributed by atoms with Gasteiger partial charge in [0.05, 0.1) is 6.61 Å². The number of halogens is 2. The molecule has 0 aliphatic heterocycles. The monoisotopic (exact) mass is 279 g/mol. The van der Waals surface area contributed by atoms with Crippen LogP contribution in [0.15, 0.2) is 36.4 Å². The second-order valence-corrected chi connectivity index (χ2v) is 4.29. The number of aliphatic hydroxyl groups excluding tert-OH is 1. The molecule has 1 heterocycles. The second kappa shape index (κ2) is 6.29. The number of hydrogen-bond acceptors (Lipinski definition) is 4. The largest absolute Gasteiger partial charge is 0.395 e. The van der Waals surface area contributed by atoms with E-state index in [-0.39, 0.29) is 24.8 Å². The highest BCUT2D eigenvalue weighted by molar-refractivity contribution is 5.47. The van der Waals surface area contributed by atoms with Crippen molar-refractivity contribution in [2.45, 2.75) is 6.54 Å². The van der Waals surface area contributed by atoms with E-state index in [1.165, 1.54) is 4.90 Å². The van der Waals surface area contributed by atoms with Gasteiger partial charge in [-0.05, 0) is 5.56 Å². The molecule has 20 heavy (non-hydrogen) atoms. The minimum absolute atomic E-state index is 0.0678. The first kappa shape index (κ1) is 14.2. The maximum atomic E-state index is 13.8. The van der Waals surface area contributed by atoms with E-state index in [1.807, 2.05) is 30.3 Å². The van der Waals surface area contributed by atoms with Gasteiger partial charge < -0.3 is 15.7 Å². The highest BCUT2D eigenvalue weighted by Gasteiger charge is 2.16. The van der Waals surface area contributed by atoms with E-state index < -0.39 is 11.6 Å². The number of benzene rings is 1. The minimum atomic E-state index is -0.894. The van der Waals surface area contributed by atoms with E-state index in [0.717, 1.165) is 5.56 Å². The third-order valence-electron chi connectivity index (χ3n) is 2.82. The average Bonchev–Trinajstić information content (AvgIpc) is 2.44. The molecule has 1 aromatic carbocycles. The van der Waals surface area contributed by atoms with Crippen molar-refractivity contribution in [3.05, 3.63) is 53.6 Å². The van der Waals surface area contributed by atoms with E-state index in [2.05, 4.69) is 4.98 Å². The number of aliphatic hydroxyl groups is 1. The Morgan fingerprint density at radius 3 is 2.50 bits per heavy atom. The fourth-order valence-corrected chi connectivity index (χ4v) is 1.88. The van der Waals surface area contributed by atoms with Crippen molar-refractivity contribution in [1.29, 1.82) is 0 Å². The van der Waals surface area contributed by atoms with Crippen molar-refractivity contribution in [1.82, 2.24) is 4.98 Å². The van der Waals surface area contributed by atoms with Crippen LogP contribution in [-0.4, -0.2) is 23.2 Å². The first-order valence-electron chi connectivity index (χ1n) is 6.13. The molecule has 0 aliphatic carbocycles. The third-order valence-corrected chi connectivity index (χ3v) is 2.82. The van der Waals surface area contributed by atoms with Gasteiger partial charge in [0.2, 0.25) is 0 Å². The Kier molecular flexibility index (Phi) is 4.47. The number of pyridine rings is 1. The summed E-state index contributed by atoms with van der Waals surface area (Å²) in [6.07, 6.45) is 0. The molecule has 0 bridgehead atoms. The van der Waals surface area contributed by atoms with E-state index >= 15 is 0 Å². The van der Waals surface area contributed by atoms with Gasteiger partial charge in [0, 0.05) is 19.2 Å². The number of aromatic nitrogens is 1. The topological polar surface area (TPSA) is 62.4 Å². The summed E-state index contributed by atoms with van der Waals surface area (Å²) in [6, 6.07) is 10.0. The Labute approximate surface area is 115 Å². The SMILES string of the molecule is Nc1nc(N(CCO)Cc2ccccc2)c(F)cc1F. The van der Waals surface area contributed by atoms with Crippen LogP contribution in [0.4, 0.5) is 20.4 Å². The number of nitrogen functional groups attached to an aromatic ring is 1. The Bertz CT molecular complexity index is 578. The summed E-state index contributed by atoms with van der Waals surface area (Å²) in [4.78, 5) is 5.24. The van der Waals surface area contributed by atoms with Gasteiger partial charge in [-0.2, -0.15) is 0 Å². The lowest BCUT2D eigenvalue weighted by molar-refractivity contribution is 0.300. The van der Waals surface area contributed by atoms with Crippen LogP contribution in [0.25, 0.3) is 0 Å². The second-order valence-electron chi connectivity index (χ2n) is 4.29. The van der Waals surface area contributed by atoms with Crippen LogP contribution in [0.1, 0.15) is 5.56 Å². The number of nitrogens with zero attached hydrogens (tertiary/aromatic N) is 2. The van der Waals surface area contributed by atoms with Crippen molar-refractivity contribution >= 4 is 11.6 Å². The summed E-state index contributed by atoms with van der Waals surface area (Å²) < 4.78 is 27.0. The van der Waals surface area contributed by atoms with Gasteiger partial charge in [-0.25, -0.2) is 13.8 Å². The summed E-state index contributed by atoms with van der Waals surface area (Å²) >= 11 is 0. The standard InChI is InChI=1S/C14H15F2N3O/c15-11-8-12(16)14(18-13(11)17)19(6-7-20)9-10-4-2-1-3-5-10/h1-5,8,20H,6-7,9H2,(H2,17,18). The lowest BCUT2D eigenvalue weighted by atomic mass is 10.2. The first-order chi connectivity index (χ1) is 9.61. The lowest BCUT2D eigenvalue weighted by Gasteiger charge is -2.23. The van der Waals surface area contributed by atoms with Crippen LogP contribution in [0.5, 0.6) is 0 Å². The molecule has 106 valence electrons. The molecule has 3 N–H and O–H groups in total. The van der Waals surface area contributed by atoms with Gasteiger partial charge in [0.25, 0.3) is 0 Å². The molecule has 1 aromatic heterocycles. The Hall–Kier alpha value is -2.21. The minimum Gasteiger partial charge on any atom is -0.395 e. The van der Waals surface area contributed by atoms with Crippen LogP contribution in [0.2, 0.25) is 0 Å². The van der Waals surface area contributed by atoms with Crippen molar-refractivity contribution in [2.75, 3.05) is 23.8 Å². The van der Waals surface area contributed by atoms with Crippen molar-refractivity contribution in [2.24, 2.45) is 0 Å². The van der Waals surface area contributed by atoms with E-state index in [9.17, 15) is 8.78 Å². The van der Waals surface area contributed by atoms with Gasteiger partial charge >= 0.3 is 0 Å². The normalized spacial score (nSPS) is 10.6. The van der Waals surface area contributed by atoms with Crippen molar-refractivity contribution in [3.8, 4) is 0 Å². The highest BCUT2D eigenvalue weighted by atomic mass is 19.1. The average molecular weight is 279 g/mol. The maximum absolute atomic E-state index is 13.8. The summed E-state index contributed by atoms with van der Waals surface area (Å²) in [6.45, 7) is 0.339. The quantitative estimate of drug-likeness (QED) is 0.878. The Balaban J connectivity index is 2.31. The lowest BCUT2D eigenvalue weighted by Crippen LogP contribution is -2.28. The zero-order chi connectivity index (χ0) is 14.5. The zero-order valence-electron chi connectivity index (χ0n) is 10.8. The number of nitrogens with two attached hydrogens (primary N) is 1. The van der Waals surface area contributed by atoms with Gasteiger partial charge in [0.1, 0.15) is 0 Å². The van der Waals surface area contributed by atoms with Crippen molar-refractivity contribution < 1.29 is 13.9 Å². The zero-order valence-corrected chi connectivity index (χ0v) is 10.8. The molecule has 2 rings (SSSR count). The molecule has 0 amide bonds. The molecule has 0 aliphatic rings. The fourth-order valence-electron chi connectivity index (χ4n) is 1.88. The fraction of sp³-hybridized carbons (Fsp3) is 0.214. The summed E-state index contributed by atoms with van der Waals surface area (Å²) in [7, 11) is 0. The highest BCUT2D eigenvalue weighted by Crippen LogP contribution is 2.22. The molecular formula is C14H15F2N3O. The Morgan fingerprint density at radius 2 is 1.85 bits per heavy atom. The number of rotatable bonds is 5. The van der Waals surface area contributed by atoms with E-state index in [1.54, 1.807) is 0 Å². The van der Waals surface area contributed by atoms with E-state index in [0.29, 0.717) is 12.6 Å². The van der Waals surface area contributed by atoms with Gasteiger partial charge in [-0.15, -0.1) is 0 Å². The molecule has 0 saturated carbocycles. The predicted octanol–water partition coefficient (Wildman–Crippen LogP) is 1.94. The number of anilines is 2. The molecule has 4 nitrogen and oxygen atoms in total. The summed E-state index contributed by atoms with van der Waals surface area (Å²) in [5, 5.41) is 9.09. The Morgan fingerprint density at radius 1 is 1.15 bits per heavy atom. The number of hydrogen-bond donors (Lipinski definition) is 2. The van der Waals surface area contributed by atoms with Crippen LogP contribution >= 0.6 is 0 Å². The molecule has 2 aromatic rings. The molecular weight excluding hydrogens is 264 g/mol. The molecule has 0 unspecified atom stereocenters. The molecule has 6 heteroatoms. The molecule has 0 fully saturated rings. The van der Waals surface area contributed by atoms with Crippen LogP contribution in [0, 0.1) is 11.6 Å². The van der Waals surface area contributed by atoms with E-state index in [4.69, 9.17) is 10.8 Å². The first-order valence-corrected chi connectivity index (χ1v) is 6.13. The molecule has 0 saturated heterocycles. The predicted molar refractivity (Wildman–Crippen MR) is 73.1 cm³/mol. The molecule has 0 spiro atoms. The van der Waals surface area contributed by atoms with Gasteiger partial charge in [0.15, 0.2) is 23.3 Å². The van der Waals surface area contributed by atoms with Gasteiger partial charge in [-0.1, -0.05) is 30.3 Å².